The van der Waals surface area contributed by atoms with E-state index in [1.54, 1.807) is 25.3 Å². The highest BCUT2D eigenvalue weighted by Gasteiger charge is 2.61. The number of allylic oxidation sites excluding steroid dienone is 1. The van der Waals surface area contributed by atoms with Crippen LogP contribution in [-0.4, -0.2) is 136 Å². The standard InChI is InChI=1S/C48H67N9O9S2/c1-29(2)49-47-53-40(28-67-47)38-24-42(35-19-18-33(65-5)22-37(35)50-38)66-34-23-41-43(58)54-48(45(60)61)25-32(48)16-12-7-6-8-13-17-36(44(59)56(41)26-34)51-46(62)52-39(31-14-10-9-11-15-31)27-55-20-21-57(30(3)4)68(55,63)64/h12,16,18-19,22,24,28-32,34,36,39,41H,6-11,13-15,17,20-21,23,25-27H2,1-5H3,(H,49,53)(H,54,58)(H,60,61)(H2,51,52,62)/b16-12-/t32?,34-,36+,39-,41+,48-/m1/s1. The first-order valence-electron chi connectivity index (χ1n) is 24.3. The first-order chi connectivity index (χ1) is 32.6. The molecule has 1 unspecified atom stereocenters. The minimum atomic E-state index is -3.72. The summed E-state index contributed by atoms with van der Waals surface area (Å²) in [4.78, 5) is 67.8. The number of methoxy groups -OCH3 is 1. The van der Waals surface area contributed by atoms with Gasteiger partial charge in [-0.2, -0.15) is 17.0 Å². The van der Waals surface area contributed by atoms with Crippen LogP contribution in [0.25, 0.3) is 22.3 Å². The number of anilines is 1. The van der Waals surface area contributed by atoms with Crippen molar-refractivity contribution in [3.63, 3.8) is 0 Å². The minimum Gasteiger partial charge on any atom is -0.497 e. The number of aliphatic carboxylic acids is 1. The number of aromatic nitrogens is 2. The van der Waals surface area contributed by atoms with Crippen LogP contribution in [0.3, 0.4) is 0 Å². The van der Waals surface area contributed by atoms with Gasteiger partial charge in [0.2, 0.25) is 11.8 Å². The summed E-state index contributed by atoms with van der Waals surface area (Å²) in [6.45, 7) is 8.54. The summed E-state index contributed by atoms with van der Waals surface area (Å²) in [5, 5.41) is 26.0. The number of carbonyl (C=O) groups is 4. The van der Waals surface area contributed by atoms with Crippen molar-refractivity contribution in [2.24, 2.45) is 11.8 Å². The highest BCUT2D eigenvalue weighted by molar-refractivity contribution is 7.87. The van der Waals surface area contributed by atoms with E-state index in [9.17, 15) is 27.9 Å². The Hall–Kier alpha value is -5.05. The van der Waals surface area contributed by atoms with Crippen molar-refractivity contribution in [1.82, 2.24) is 39.4 Å². The van der Waals surface area contributed by atoms with Gasteiger partial charge < -0.3 is 40.7 Å². The molecule has 0 spiro atoms. The lowest BCUT2D eigenvalue weighted by molar-refractivity contribution is -0.145. The predicted octanol–water partition coefficient (Wildman–Crippen LogP) is 5.90. The topological polar surface area (TPSA) is 225 Å². The Labute approximate surface area is 403 Å². The van der Waals surface area contributed by atoms with E-state index in [4.69, 9.17) is 19.4 Å². The molecule has 6 atom stereocenters. The number of fused-ring (bicyclic) bond motifs is 3. The van der Waals surface area contributed by atoms with E-state index in [0.29, 0.717) is 59.7 Å². The van der Waals surface area contributed by atoms with E-state index in [-0.39, 0.29) is 50.4 Å². The van der Waals surface area contributed by atoms with Crippen LogP contribution in [0.15, 0.2) is 41.8 Å². The molecule has 68 heavy (non-hydrogen) atoms. The molecule has 18 nitrogen and oxygen atoms in total. The SMILES string of the molecule is COc1ccc2c(O[C@@H]3C[C@H]4C(=O)N[C@]5(C(=O)O)CC5/C=C\CCCCC[C@H](NC(=O)N[C@H](CN5CCN(C(C)C)S5(=O)=O)C5CCCCC5)C(=O)N4C3)cc(-c3csc(NC(C)C)n3)nc2c1. The van der Waals surface area contributed by atoms with Gasteiger partial charge in [-0.25, -0.2) is 19.6 Å². The molecule has 1 aromatic carbocycles. The van der Waals surface area contributed by atoms with Crippen molar-refractivity contribution in [3.8, 4) is 22.9 Å². The molecule has 4 amide bonds. The lowest BCUT2D eigenvalue weighted by Crippen LogP contribution is -2.58. The second kappa shape index (κ2) is 20.9. The smallest absolute Gasteiger partial charge is 0.330 e. The highest BCUT2D eigenvalue weighted by Crippen LogP contribution is 2.46. The zero-order chi connectivity index (χ0) is 48.3. The Morgan fingerprint density at radius 3 is 2.49 bits per heavy atom. The van der Waals surface area contributed by atoms with Crippen LogP contribution >= 0.6 is 11.3 Å². The second-order valence-electron chi connectivity index (χ2n) is 19.6. The van der Waals surface area contributed by atoms with E-state index in [0.717, 1.165) is 50.1 Å². The van der Waals surface area contributed by atoms with Gasteiger partial charge in [-0.3, -0.25) is 9.59 Å². The Balaban J connectivity index is 1.08. The summed E-state index contributed by atoms with van der Waals surface area (Å²) in [6.07, 6.45) is 11.2. The molecule has 20 heteroatoms. The van der Waals surface area contributed by atoms with Gasteiger partial charge in [0, 0.05) is 73.0 Å². The first kappa shape index (κ1) is 49.4. The first-order valence-corrected chi connectivity index (χ1v) is 26.6. The van der Waals surface area contributed by atoms with E-state index >= 15 is 4.79 Å². The van der Waals surface area contributed by atoms with Crippen LogP contribution in [0, 0.1) is 11.8 Å². The van der Waals surface area contributed by atoms with Crippen LogP contribution in [0.1, 0.15) is 105 Å². The van der Waals surface area contributed by atoms with E-state index in [2.05, 4.69) is 21.3 Å². The molecule has 3 aliphatic heterocycles. The molecule has 5 N–H and O–H groups in total. The molecule has 3 aromatic rings. The number of nitrogens with one attached hydrogen (secondary N) is 4. The summed E-state index contributed by atoms with van der Waals surface area (Å²) in [5.74, 6) is -1.55. The maximum atomic E-state index is 15.1. The lowest BCUT2D eigenvalue weighted by Gasteiger charge is -2.34. The average Bonchev–Trinajstić information content (AvgIpc) is 3.55. The number of pyridine rings is 1. The number of amides is 4. The van der Waals surface area contributed by atoms with Crippen LogP contribution in [0.5, 0.6) is 11.5 Å². The average molecular weight is 978 g/mol. The number of urea groups is 1. The molecular weight excluding hydrogens is 911 g/mol. The third-order valence-electron chi connectivity index (χ3n) is 14.1. The molecule has 370 valence electrons. The molecule has 5 heterocycles. The summed E-state index contributed by atoms with van der Waals surface area (Å²) in [6, 6.07) is 3.96. The molecule has 2 saturated heterocycles. The van der Waals surface area contributed by atoms with E-state index < -0.39 is 69.7 Å². The van der Waals surface area contributed by atoms with Crippen LogP contribution in [-0.2, 0) is 24.6 Å². The Morgan fingerprint density at radius 2 is 1.76 bits per heavy atom. The third kappa shape index (κ3) is 10.9. The Morgan fingerprint density at radius 1 is 1.00 bits per heavy atom. The maximum Gasteiger partial charge on any atom is 0.330 e. The molecule has 2 aliphatic carbocycles. The summed E-state index contributed by atoms with van der Waals surface area (Å²) < 4.78 is 42.5. The summed E-state index contributed by atoms with van der Waals surface area (Å²) in [5.41, 5.74) is 0.259. The van der Waals surface area contributed by atoms with E-state index in [1.807, 2.05) is 51.3 Å². The van der Waals surface area contributed by atoms with Crippen molar-refractivity contribution in [1.29, 1.82) is 0 Å². The zero-order valence-electron chi connectivity index (χ0n) is 39.7. The van der Waals surface area contributed by atoms with Crippen molar-refractivity contribution in [3.05, 3.63) is 41.8 Å². The van der Waals surface area contributed by atoms with Gasteiger partial charge >= 0.3 is 12.0 Å². The van der Waals surface area contributed by atoms with Gasteiger partial charge in [0.15, 0.2) is 5.13 Å². The maximum absolute atomic E-state index is 15.1. The van der Waals surface area contributed by atoms with Crippen molar-refractivity contribution in [2.45, 2.75) is 147 Å². The molecule has 0 bridgehead atoms. The van der Waals surface area contributed by atoms with Gasteiger partial charge in [-0.05, 0) is 84.3 Å². The van der Waals surface area contributed by atoms with Crippen LogP contribution < -0.4 is 30.7 Å². The number of carboxylic acid groups (broad SMARTS) is 1. The number of hydrogen-bond donors (Lipinski definition) is 5. The number of nitrogens with zero attached hydrogens (tertiary/aromatic N) is 5. The van der Waals surface area contributed by atoms with Crippen molar-refractivity contribution >= 4 is 61.4 Å². The third-order valence-corrected chi connectivity index (χ3v) is 17.0. The van der Waals surface area contributed by atoms with Gasteiger partial charge in [0.05, 0.1) is 24.9 Å². The zero-order valence-corrected chi connectivity index (χ0v) is 41.4. The fourth-order valence-electron chi connectivity index (χ4n) is 10.3. The number of hydrogen-bond acceptors (Lipinski definition) is 12. The number of rotatable bonds is 13. The number of carboxylic acids is 1. The minimum absolute atomic E-state index is 0.0293. The summed E-state index contributed by atoms with van der Waals surface area (Å²) in [7, 11) is -2.15. The fraction of sp³-hybridized carbons (Fsp3) is 0.625. The van der Waals surface area contributed by atoms with Gasteiger partial charge in [0.25, 0.3) is 10.2 Å². The molecule has 5 aliphatic rings. The monoisotopic (exact) mass is 977 g/mol. The number of ether oxygens (including phenoxy) is 2. The lowest BCUT2D eigenvalue weighted by atomic mass is 9.84. The van der Waals surface area contributed by atoms with Gasteiger partial charge in [0.1, 0.15) is 40.9 Å². The van der Waals surface area contributed by atoms with Crippen molar-refractivity contribution in [2.75, 3.05) is 38.6 Å². The molecule has 8 rings (SSSR count). The van der Waals surface area contributed by atoms with Gasteiger partial charge in [-0.15, -0.1) is 11.3 Å². The van der Waals surface area contributed by atoms with E-state index in [1.165, 1.54) is 24.8 Å². The molecule has 4 fully saturated rings. The Bertz CT molecular complexity index is 2480. The highest BCUT2D eigenvalue weighted by atomic mass is 32.2. The van der Waals surface area contributed by atoms with Gasteiger partial charge in [-0.1, -0.05) is 44.3 Å². The predicted molar refractivity (Wildman–Crippen MR) is 260 cm³/mol. The molecular formula is C48H67N9O9S2. The molecule has 0 radical (unpaired) electrons. The van der Waals surface area contributed by atoms with Crippen LogP contribution in [0.4, 0.5) is 9.93 Å². The number of thiazole rings is 1. The normalized spacial score (nSPS) is 27.1. The Kier molecular flexibility index (Phi) is 15.2. The summed E-state index contributed by atoms with van der Waals surface area (Å²) >= 11 is 1.46. The number of benzene rings is 1. The number of carbonyl (C=O) groups excluding carboxylic acids is 3. The molecule has 2 saturated carbocycles. The quantitative estimate of drug-likeness (QED) is 0.126. The second-order valence-corrected chi connectivity index (χ2v) is 22.3. The fourth-order valence-corrected chi connectivity index (χ4v) is 13.0. The largest absolute Gasteiger partial charge is 0.497 e. The van der Waals surface area contributed by atoms with Crippen LogP contribution in [0.2, 0.25) is 0 Å². The van der Waals surface area contributed by atoms with Crippen molar-refractivity contribution < 1.29 is 42.2 Å². The molecule has 2 aromatic heterocycles.